The summed E-state index contributed by atoms with van der Waals surface area (Å²) in [6.45, 7) is 5.12. The van der Waals surface area contributed by atoms with Gasteiger partial charge in [-0.15, -0.1) is 0 Å². The van der Waals surface area contributed by atoms with E-state index in [0.29, 0.717) is 44.7 Å². The van der Waals surface area contributed by atoms with Gasteiger partial charge in [-0.2, -0.15) is 22.7 Å². The van der Waals surface area contributed by atoms with Crippen molar-refractivity contribution in [2.24, 2.45) is 5.41 Å². The lowest BCUT2D eigenvalue weighted by Gasteiger charge is -2.38. The molecule has 0 bridgehead atoms. The molecule has 14 heteroatoms. The minimum absolute atomic E-state index is 0.178. The van der Waals surface area contributed by atoms with Crippen LogP contribution in [0, 0.1) is 11.4 Å². The van der Waals surface area contributed by atoms with Crippen molar-refractivity contribution in [3.05, 3.63) is 56.4 Å². The minimum atomic E-state index is -5.08. The van der Waals surface area contributed by atoms with Gasteiger partial charge in [0.2, 0.25) is 5.95 Å². The van der Waals surface area contributed by atoms with Crippen molar-refractivity contribution in [3.8, 4) is 0 Å². The van der Waals surface area contributed by atoms with Crippen LogP contribution in [0.2, 0.25) is 0 Å². The van der Waals surface area contributed by atoms with Gasteiger partial charge in [0.25, 0.3) is 5.91 Å². The number of carboxylic acids is 1. The van der Waals surface area contributed by atoms with Crippen molar-refractivity contribution < 1.29 is 32.3 Å². The van der Waals surface area contributed by atoms with E-state index in [1.54, 1.807) is 4.90 Å². The molecule has 2 aromatic heterocycles. The van der Waals surface area contributed by atoms with Gasteiger partial charge in [-0.25, -0.2) is 14.5 Å². The largest absolute Gasteiger partial charge is 0.490 e. The first kappa shape index (κ1) is 26.0. The predicted molar refractivity (Wildman–Crippen MR) is 112 cm³/mol. The summed E-state index contributed by atoms with van der Waals surface area (Å²) < 4.78 is 47.8. The number of halogens is 4. The Morgan fingerprint density at radius 2 is 1.74 bits per heavy atom. The first-order chi connectivity index (χ1) is 16.2. The van der Waals surface area contributed by atoms with Crippen LogP contribution in [-0.4, -0.2) is 60.5 Å². The predicted octanol–water partition coefficient (Wildman–Crippen LogP) is 1.63. The normalized spacial score (nSPS) is 16.6. The SMILES string of the molecule is CC(C)n1nc2n(c(=O)c1=O)CC1(CCN(C(=O)c3ccnc(F)c3)CC1)C2.O=C(O)C(F)(F)F. The van der Waals surface area contributed by atoms with Crippen LogP contribution in [0.1, 0.15) is 48.9 Å². The number of aromatic nitrogens is 4. The second-order valence-electron chi connectivity index (χ2n) is 8.79. The van der Waals surface area contributed by atoms with E-state index in [0.717, 1.165) is 6.07 Å². The number of carbonyl (C=O) groups is 2. The van der Waals surface area contributed by atoms with E-state index in [4.69, 9.17) is 9.90 Å². The molecule has 1 spiro atoms. The second kappa shape index (κ2) is 9.58. The summed E-state index contributed by atoms with van der Waals surface area (Å²) in [4.78, 5) is 51.4. The van der Waals surface area contributed by atoms with E-state index in [-0.39, 0.29) is 22.9 Å². The highest BCUT2D eigenvalue weighted by atomic mass is 19.4. The van der Waals surface area contributed by atoms with Crippen LogP contribution >= 0.6 is 0 Å². The summed E-state index contributed by atoms with van der Waals surface area (Å²) in [5, 5.41) is 11.5. The van der Waals surface area contributed by atoms with Crippen LogP contribution in [-0.2, 0) is 17.8 Å². The second-order valence-corrected chi connectivity index (χ2v) is 8.79. The van der Waals surface area contributed by atoms with Crippen molar-refractivity contribution in [2.45, 2.75) is 51.9 Å². The molecule has 0 unspecified atom stereocenters. The molecule has 1 N–H and O–H groups in total. The lowest BCUT2D eigenvalue weighted by Crippen LogP contribution is -2.45. The molecule has 2 aliphatic rings. The van der Waals surface area contributed by atoms with Gasteiger partial charge < -0.3 is 10.0 Å². The molecule has 1 saturated heterocycles. The van der Waals surface area contributed by atoms with Crippen molar-refractivity contribution in [1.82, 2.24) is 24.2 Å². The van der Waals surface area contributed by atoms with Gasteiger partial charge in [-0.1, -0.05) is 0 Å². The molecule has 0 aliphatic carbocycles. The van der Waals surface area contributed by atoms with E-state index in [1.165, 1.54) is 21.5 Å². The van der Waals surface area contributed by atoms with Crippen LogP contribution in [0.4, 0.5) is 17.6 Å². The number of amides is 1. The van der Waals surface area contributed by atoms with Crippen molar-refractivity contribution in [3.63, 3.8) is 0 Å². The number of carboxylic acid groups (broad SMARTS) is 1. The summed E-state index contributed by atoms with van der Waals surface area (Å²) in [6.07, 6.45) is -1.79. The summed E-state index contributed by atoms with van der Waals surface area (Å²) in [6, 6.07) is 2.47. The molecule has 10 nitrogen and oxygen atoms in total. The van der Waals surface area contributed by atoms with Gasteiger partial charge in [0.1, 0.15) is 5.82 Å². The standard InChI is InChI=1S/C19H22FN5O3.C2HF3O2/c1-12(2)25-18(28)17(27)24-11-19(10-15(24)22-25)4-7-23(8-5-19)16(26)13-3-6-21-14(20)9-13;3-2(4,5)1(6)7/h3,6,9,12H,4-5,7-8,10-11H2,1-2H3;(H,6,7). The molecule has 4 rings (SSSR count). The monoisotopic (exact) mass is 501 g/mol. The van der Waals surface area contributed by atoms with Crippen LogP contribution in [0.15, 0.2) is 27.9 Å². The number of fused-ring (bicyclic) bond motifs is 1. The molecule has 2 aromatic rings. The van der Waals surface area contributed by atoms with Gasteiger partial charge >= 0.3 is 23.3 Å². The van der Waals surface area contributed by atoms with Crippen LogP contribution in [0.3, 0.4) is 0 Å². The number of hydrogen-bond donors (Lipinski definition) is 1. The molecule has 1 amide bonds. The smallest absolute Gasteiger partial charge is 0.475 e. The summed E-state index contributed by atoms with van der Waals surface area (Å²) in [7, 11) is 0. The highest BCUT2D eigenvalue weighted by Gasteiger charge is 2.43. The van der Waals surface area contributed by atoms with E-state index in [1.807, 2.05) is 13.8 Å². The first-order valence-electron chi connectivity index (χ1n) is 10.7. The molecule has 190 valence electrons. The van der Waals surface area contributed by atoms with Crippen molar-refractivity contribution in [2.75, 3.05) is 13.1 Å². The number of hydrogen-bond acceptors (Lipinski definition) is 6. The third-order valence-electron chi connectivity index (χ3n) is 6.01. The van der Waals surface area contributed by atoms with Gasteiger partial charge in [0, 0.05) is 43.9 Å². The number of likely N-dealkylation sites (tertiary alicyclic amines) is 1. The Kier molecular flexibility index (Phi) is 7.13. The molecule has 0 radical (unpaired) electrons. The summed E-state index contributed by atoms with van der Waals surface area (Å²) >= 11 is 0. The zero-order chi connectivity index (χ0) is 26.1. The zero-order valence-corrected chi connectivity index (χ0v) is 18.9. The van der Waals surface area contributed by atoms with Gasteiger partial charge in [0.15, 0.2) is 0 Å². The lowest BCUT2D eigenvalue weighted by atomic mass is 9.77. The maximum absolute atomic E-state index is 13.3. The molecular formula is C21H23F4N5O5. The average Bonchev–Trinajstić information content (AvgIpc) is 3.14. The van der Waals surface area contributed by atoms with E-state index < -0.39 is 29.2 Å². The Bertz CT molecular complexity index is 1250. The molecule has 0 aromatic carbocycles. The number of piperidine rings is 1. The van der Waals surface area contributed by atoms with E-state index in [9.17, 15) is 31.9 Å². The maximum atomic E-state index is 13.3. The fourth-order valence-corrected chi connectivity index (χ4v) is 4.16. The third kappa shape index (κ3) is 5.57. The quantitative estimate of drug-likeness (QED) is 0.376. The highest BCUT2D eigenvalue weighted by molar-refractivity contribution is 5.94. The number of alkyl halides is 3. The zero-order valence-electron chi connectivity index (χ0n) is 18.9. The number of rotatable bonds is 2. The Morgan fingerprint density at radius 3 is 2.26 bits per heavy atom. The Labute approximate surface area is 195 Å². The fourth-order valence-electron chi connectivity index (χ4n) is 4.16. The average molecular weight is 501 g/mol. The highest BCUT2D eigenvalue weighted by Crippen LogP contribution is 2.40. The van der Waals surface area contributed by atoms with Gasteiger partial charge in [0.05, 0.1) is 6.04 Å². The number of pyridine rings is 1. The Morgan fingerprint density at radius 1 is 1.14 bits per heavy atom. The fraction of sp³-hybridized carbons (Fsp3) is 0.524. The molecule has 0 atom stereocenters. The van der Waals surface area contributed by atoms with E-state index >= 15 is 0 Å². The molecule has 0 saturated carbocycles. The van der Waals surface area contributed by atoms with Crippen LogP contribution in [0.25, 0.3) is 0 Å². The Hall–Kier alpha value is -3.58. The third-order valence-corrected chi connectivity index (χ3v) is 6.01. The molecule has 2 aliphatic heterocycles. The first-order valence-corrected chi connectivity index (χ1v) is 10.7. The number of nitrogens with zero attached hydrogens (tertiary/aromatic N) is 5. The Balaban J connectivity index is 0.000000429. The lowest BCUT2D eigenvalue weighted by molar-refractivity contribution is -0.192. The van der Waals surface area contributed by atoms with E-state index in [2.05, 4.69) is 10.1 Å². The minimum Gasteiger partial charge on any atom is -0.475 e. The van der Waals surface area contributed by atoms with Gasteiger partial charge in [-0.05, 0) is 38.2 Å². The number of aliphatic carboxylic acids is 1. The summed E-state index contributed by atoms with van der Waals surface area (Å²) in [5.74, 6) is -3.02. The van der Waals surface area contributed by atoms with Crippen LogP contribution < -0.4 is 11.1 Å². The molecule has 1 fully saturated rings. The van der Waals surface area contributed by atoms with Crippen molar-refractivity contribution in [1.29, 1.82) is 0 Å². The maximum Gasteiger partial charge on any atom is 0.490 e. The van der Waals surface area contributed by atoms with Crippen molar-refractivity contribution >= 4 is 11.9 Å². The molecule has 35 heavy (non-hydrogen) atoms. The summed E-state index contributed by atoms with van der Waals surface area (Å²) in [5.41, 5.74) is -1.02. The molecule has 4 heterocycles. The molecular weight excluding hydrogens is 478 g/mol. The van der Waals surface area contributed by atoms with Gasteiger partial charge in [-0.3, -0.25) is 19.0 Å². The topological polar surface area (TPSA) is 127 Å². The van der Waals surface area contributed by atoms with Crippen LogP contribution in [0.5, 0.6) is 0 Å². The number of carbonyl (C=O) groups excluding carboxylic acids is 1.